The van der Waals surface area contributed by atoms with Crippen LogP contribution in [0.4, 0.5) is 0 Å². The fourth-order valence-electron chi connectivity index (χ4n) is 2.47. The summed E-state index contributed by atoms with van der Waals surface area (Å²) in [5.41, 5.74) is 2.26. The molecule has 0 spiro atoms. The molecule has 0 saturated carbocycles. The number of hydrogen-bond acceptors (Lipinski definition) is 6. The minimum absolute atomic E-state index is 0.150. The fourth-order valence-corrected chi connectivity index (χ4v) is 5.30. The zero-order chi connectivity index (χ0) is 17.6. The van der Waals surface area contributed by atoms with Crippen molar-refractivity contribution in [2.75, 3.05) is 25.2 Å². The van der Waals surface area contributed by atoms with Gasteiger partial charge in [-0.2, -0.15) is 0 Å². The van der Waals surface area contributed by atoms with Gasteiger partial charge in [0.1, 0.15) is 5.75 Å². The first-order valence-electron chi connectivity index (χ1n) is 7.97. The smallest absolute Gasteiger partial charge is 0.349 e. The van der Waals surface area contributed by atoms with Gasteiger partial charge in [-0.05, 0) is 42.3 Å². The Labute approximate surface area is 156 Å². The highest BCUT2D eigenvalue weighted by Gasteiger charge is 2.20. The van der Waals surface area contributed by atoms with Crippen molar-refractivity contribution in [3.05, 3.63) is 53.6 Å². The minimum atomic E-state index is -0.461. The van der Waals surface area contributed by atoms with Gasteiger partial charge >= 0.3 is 5.97 Å². The highest BCUT2D eigenvalue weighted by atomic mass is 32.2. The SMILES string of the molecule is COc1cc(C2SCCS2)ccc1OC(=O)COc1cccc(C)c1. The Morgan fingerprint density at radius 1 is 1.12 bits per heavy atom. The molecule has 0 atom stereocenters. The van der Waals surface area contributed by atoms with Crippen molar-refractivity contribution < 1.29 is 19.0 Å². The second kappa shape index (κ2) is 8.54. The second-order valence-electron chi connectivity index (χ2n) is 5.56. The zero-order valence-electron chi connectivity index (χ0n) is 14.2. The topological polar surface area (TPSA) is 44.8 Å². The summed E-state index contributed by atoms with van der Waals surface area (Å²) < 4.78 is 16.7. The maximum absolute atomic E-state index is 12.1. The highest BCUT2D eigenvalue weighted by Crippen LogP contribution is 2.46. The van der Waals surface area contributed by atoms with Gasteiger partial charge in [-0.25, -0.2) is 4.79 Å². The predicted octanol–water partition coefficient (Wildman–Crippen LogP) is 4.47. The molecule has 1 saturated heterocycles. The van der Waals surface area contributed by atoms with Gasteiger partial charge in [0.15, 0.2) is 18.1 Å². The number of carbonyl (C=O) groups excluding carboxylic acids is 1. The Morgan fingerprint density at radius 3 is 2.64 bits per heavy atom. The molecule has 3 rings (SSSR count). The molecular formula is C19H20O4S2. The van der Waals surface area contributed by atoms with Gasteiger partial charge in [-0.15, -0.1) is 23.5 Å². The summed E-state index contributed by atoms with van der Waals surface area (Å²) in [7, 11) is 1.58. The Morgan fingerprint density at radius 2 is 1.92 bits per heavy atom. The molecule has 0 aromatic heterocycles. The molecule has 0 bridgehead atoms. The fraction of sp³-hybridized carbons (Fsp3) is 0.316. The lowest BCUT2D eigenvalue weighted by atomic mass is 10.2. The van der Waals surface area contributed by atoms with E-state index in [0.717, 1.165) is 17.1 Å². The first-order valence-corrected chi connectivity index (χ1v) is 10.1. The summed E-state index contributed by atoms with van der Waals surface area (Å²) in [6, 6.07) is 13.3. The van der Waals surface area contributed by atoms with E-state index in [2.05, 4.69) is 0 Å². The maximum atomic E-state index is 12.1. The van der Waals surface area contributed by atoms with Crippen LogP contribution in [0, 0.1) is 6.92 Å². The first kappa shape index (κ1) is 18.0. The number of ether oxygens (including phenoxy) is 3. The van der Waals surface area contributed by atoms with Gasteiger partial charge in [0.25, 0.3) is 0 Å². The number of benzene rings is 2. The summed E-state index contributed by atoms with van der Waals surface area (Å²) in [5, 5.41) is 0. The van der Waals surface area contributed by atoms with Gasteiger partial charge < -0.3 is 14.2 Å². The molecular weight excluding hydrogens is 356 g/mol. The molecule has 0 N–H and O–H groups in total. The van der Waals surface area contributed by atoms with Crippen LogP contribution in [0.15, 0.2) is 42.5 Å². The van der Waals surface area contributed by atoms with Crippen LogP contribution in [-0.2, 0) is 4.79 Å². The molecule has 1 aliphatic heterocycles. The molecule has 4 nitrogen and oxygen atoms in total. The molecule has 1 aliphatic rings. The lowest BCUT2D eigenvalue weighted by molar-refractivity contribution is -0.136. The van der Waals surface area contributed by atoms with E-state index in [0.29, 0.717) is 21.8 Å². The molecule has 2 aromatic carbocycles. The van der Waals surface area contributed by atoms with Gasteiger partial charge in [0.05, 0.1) is 11.7 Å². The lowest BCUT2D eigenvalue weighted by Gasteiger charge is -2.14. The second-order valence-corrected chi connectivity index (χ2v) is 8.29. The van der Waals surface area contributed by atoms with E-state index >= 15 is 0 Å². The number of rotatable bonds is 6. The standard InChI is InChI=1S/C19H20O4S2/c1-13-4-3-5-15(10-13)22-12-18(20)23-16-7-6-14(11-17(16)21-2)19-24-8-9-25-19/h3-7,10-11,19H,8-9,12H2,1-2H3. The van der Waals surface area contributed by atoms with E-state index < -0.39 is 5.97 Å². The van der Waals surface area contributed by atoms with E-state index in [-0.39, 0.29) is 6.61 Å². The van der Waals surface area contributed by atoms with E-state index in [1.807, 2.05) is 66.8 Å². The quantitative estimate of drug-likeness (QED) is 0.548. The van der Waals surface area contributed by atoms with Gasteiger partial charge in [-0.3, -0.25) is 0 Å². The monoisotopic (exact) mass is 376 g/mol. The Balaban J connectivity index is 1.62. The van der Waals surface area contributed by atoms with E-state index in [4.69, 9.17) is 14.2 Å². The Kier molecular flexibility index (Phi) is 6.15. The van der Waals surface area contributed by atoms with Crippen molar-refractivity contribution in [3.8, 4) is 17.2 Å². The summed E-state index contributed by atoms with van der Waals surface area (Å²) in [6.45, 7) is 1.82. The zero-order valence-corrected chi connectivity index (χ0v) is 15.8. The molecule has 132 valence electrons. The first-order chi connectivity index (χ1) is 12.2. The summed E-state index contributed by atoms with van der Waals surface area (Å²) in [5.74, 6) is 3.48. The van der Waals surface area contributed by atoms with Crippen LogP contribution in [-0.4, -0.2) is 31.2 Å². The number of esters is 1. The highest BCUT2D eigenvalue weighted by molar-refractivity contribution is 8.19. The van der Waals surface area contributed by atoms with Gasteiger partial charge in [-0.1, -0.05) is 18.2 Å². The van der Waals surface area contributed by atoms with Crippen LogP contribution >= 0.6 is 23.5 Å². The normalized spacial score (nSPS) is 14.3. The molecule has 0 unspecified atom stereocenters. The van der Waals surface area contributed by atoms with Crippen molar-refractivity contribution in [1.29, 1.82) is 0 Å². The molecule has 1 heterocycles. The average molecular weight is 376 g/mol. The lowest BCUT2D eigenvalue weighted by Crippen LogP contribution is -2.18. The van der Waals surface area contributed by atoms with E-state index in [1.165, 1.54) is 5.56 Å². The molecule has 6 heteroatoms. The Bertz CT molecular complexity index is 742. The van der Waals surface area contributed by atoms with Crippen molar-refractivity contribution in [2.45, 2.75) is 11.5 Å². The maximum Gasteiger partial charge on any atom is 0.349 e. The van der Waals surface area contributed by atoms with Crippen molar-refractivity contribution in [1.82, 2.24) is 0 Å². The average Bonchev–Trinajstić information content (AvgIpc) is 3.15. The molecule has 0 radical (unpaired) electrons. The summed E-state index contributed by atoms with van der Waals surface area (Å²) in [4.78, 5) is 12.1. The number of thioether (sulfide) groups is 2. The van der Waals surface area contributed by atoms with Crippen LogP contribution in [0.3, 0.4) is 0 Å². The number of aryl methyl sites for hydroxylation is 1. The minimum Gasteiger partial charge on any atom is -0.493 e. The molecule has 2 aromatic rings. The van der Waals surface area contributed by atoms with Crippen molar-refractivity contribution >= 4 is 29.5 Å². The number of carbonyl (C=O) groups is 1. The van der Waals surface area contributed by atoms with E-state index in [1.54, 1.807) is 13.2 Å². The van der Waals surface area contributed by atoms with Crippen LogP contribution < -0.4 is 14.2 Å². The third-order valence-corrected chi connectivity index (χ3v) is 6.76. The predicted molar refractivity (Wildman–Crippen MR) is 103 cm³/mol. The van der Waals surface area contributed by atoms with Crippen LogP contribution in [0.5, 0.6) is 17.2 Å². The number of methoxy groups -OCH3 is 1. The summed E-state index contributed by atoms with van der Waals surface area (Å²) in [6.07, 6.45) is 0. The molecule has 25 heavy (non-hydrogen) atoms. The summed E-state index contributed by atoms with van der Waals surface area (Å²) >= 11 is 3.84. The largest absolute Gasteiger partial charge is 0.493 e. The third-order valence-electron chi connectivity index (χ3n) is 3.65. The molecule has 0 aliphatic carbocycles. The molecule has 1 fully saturated rings. The van der Waals surface area contributed by atoms with Crippen LogP contribution in [0.25, 0.3) is 0 Å². The van der Waals surface area contributed by atoms with Gasteiger partial charge in [0, 0.05) is 11.5 Å². The molecule has 0 amide bonds. The van der Waals surface area contributed by atoms with Gasteiger partial charge in [0.2, 0.25) is 0 Å². The van der Waals surface area contributed by atoms with Crippen molar-refractivity contribution in [2.24, 2.45) is 0 Å². The Hall–Kier alpha value is -1.79. The van der Waals surface area contributed by atoms with E-state index in [9.17, 15) is 4.79 Å². The van der Waals surface area contributed by atoms with Crippen LogP contribution in [0.2, 0.25) is 0 Å². The van der Waals surface area contributed by atoms with Crippen molar-refractivity contribution in [3.63, 3.8) is 0 Å². The van der Waals surface area contributed by atoms with Crippen LogP contribution in [0.1, 0.15) is 15.7 Å². The number of hydrogen-bond donors (Lipinski definition) is 0. The third kappa shape index (κ3) is 4.86.